The first-order chi connectivity index (χ1) is 16.9. The van der Waals surface area contributed by atoms with Gasteiger partial charge in [0.15, 0.2) is 11.3 Å². The first kappa shape index (κ1) is 23.2. The Balaban J connectivity index is 1.76. The van der Waals surface area contributed by atoms with E-state index in [1.54, 1.807) is 61.7 Å². The number of benzene rings is 3. The van der Waals surface area contributed by atoms with Crippen LogP contribution in [-0.4, -0.2) is 16.8 Å². The van der Waals surface area contributed by atoms with Gasteiger partial charge in [-0.15, -0.1) is 0 Å². The molecule has 0 saturated heterocycles. The molecule has 0 unspecified atom stereocenters. The van der Waals surface area contributed by atoms with Crippen molar-refractivity contribution in [2.75, 3.05) is 7.11 Å². The summed E-state index contributed by atoms with van der Waals surface area (Å²) in [6.45, 7) is 0.0597. The average molecular weight is 554 g/mol. The van der Waals surface area contributed by atoms with Crippen LogP contribution in [-0.2, 0) is 6.54 Å². The summed E-state index contributed by atoms with van der Waals surface area (Å²) in [6, 6.07) is 18.0. The maximum atomic E-state index is 13.8. The molecule has 0 aliphatic carbocycles. The van der Waals surface area contributed by atoms with Gasteiger partial charge in [0.25, 0.3) is 5.56 Å². The van der Waals surface area contributed by atoms with Crippen molar-refractivity contribution in [2.45, 2.75) is 16.3 Å². The van der Waals surface area contributed by atoms with Crippen molar-refractivity contribution >= 4 is 49.6 Å². The lowest BCUT2D eigenvalue weighted by atomic mass is 10.1. The van der Waals surface area contributed by atoms with Crippen LogP contribution in [0.25, 0.3) is 21.9 Å². The number of halogens is 2. The van der Waals surface area contributed by atoms with Gasteiger partial charge in [0.05, 0.1) is 19.2 Å². The van der Waals surface area contributed by atoms with Crippen molar-refractivity contribution in [1.29, 1.82) is 0 Å². The van der Waals surface area contributed by atoms with Gasteiger partial charge in [-0.05, 0) is 60.2 Å². The number of aromatic hydroxyl groups is 1. The predicted octanol–water partition coefficient (Wildman–Crippen LogP) is 5.92. The van der Waals surface area contributed by atoms with Crippen molar-refractivity contribution in [2.24, 2.45) is 0 Å². The molecule has 6 nitrogen and oxygen atoms in total. The lowest BCUT2D eigenvalue weighted by Crippen LogP contribution is -2.23. The zero-order valence-electron chi connectivity index (χ0n) is 18.2. The van der Waals surface area contributed by atoms with Gasteiger partial charge in [-0.3, -0.25) is 4.79 Å². The van der Waals surface area contributed by atoms with E-state index in [4.69, 9.17) is 9.15 Å². The quantitative estimate of drug-likeness (QED) is 0.272. The Morgan fingerprint density at radius 2 is 1.86 bits per heavy atom. The highest BCUT2D eigenvalue weighted by Gasteiger charge is 2.22. The van der Waals surface area contributed by atoms with E-state index in [0.717, 1.165) is 11.8 Å². The van der Waals surface area contributed by atoms with E-state index in [1.807, 2.05) is 0 Å². The van der Waals surface area contributed by atoms with Crippen LogP contribution in [0.2, 0.25) is 0 Å². The first-order valence-electron chi connectivity index (χ1n) is 10.4. The van der Waals surface area contributed by atoms with Crippen molar-refractivity contribution < 1.29 is 18.7 Å². The minimum absolute atomic E-state index is 0.0108. The molecule has 2 aromatic heterocycles. The number of nitrogens with zero attached hydrogens (tertiary/aromatic N) is 1. The monoisotopic (exact) mass is 553 g/mol. The minimum atomic E-state index is -0.764. The Hall–Kier alpha value is -3.56. The van der Waals surface area contributed by atoms with Gasteiger partial charge >= 0.3 is 5.63 Å². The molecule has 0 aliphatic rings. The van der Waals surface area contributed by atoms with Crippen LogP contribution in [0.5, 0.6) is 11.5 Å². The second-order valence-electron chi connectivity index (χ2n) is 7.73. The molecule has 0 aliphatic heterocycles. The average Bonchev–Trinajstić information content (AvgIpc) is 2.84. The van der Waals surface area contributed by atoms with E-state index in [1.165, 1.54) is 16.7 Å². The fourth-order valence-electron chi connectivity index (χ4n) is 3.89. The van der Waals surface area contributed by atoms with E-state index in [9.17, 15) is 19.1 Å². The maximum absolute atomic E-state index is 13.8. The number of aromatic nitrogens is 1. The topological polar surface area (TPSA) is 81.7 Å². The molecule has 0 fully saturated rings. The van der Waals surface area contributed by atoms with E-state index in [2.05, 4.69) is 15.9 Å². The Labute approximate surface area is 210 Å². The molecule has 35 heavy (non-hydrogen) atoms. The van der Waals surface area contributed by atoms with Gasteiger partial charge < -0.3 is 18.8 Å². The van der Waals surface area contributed by atoms with Gasteiger partial charge in [-0.25, -0.2) is 9.18 Å². The molecule has 0 atom stereocenters. The molecule has 3 aromatic carbocycles. The van der Waals surface area contributed by atoms with Crippen LogP contribution in [0.4, 0.5) is 4.39 Å². The Kier molecular flexibility index (Phi) is 6.12. The summed E-state index contributed by atoms with van der Waals surface area (Å²) >= 11 is 4.40. The number of hydrogen-bond acceptors (Lipinski definition) is 6. The Morgan fingerprint density at radius 1 is 1.09 bits per heavy atom. The number of hydrogen-bond donors (Lipinski definition) is 1. The van der Waals surface area contributed by atoms with Crippen LogP contribution < -0.4 is 15.9 Å². The summed E-state index contributed by atoms with van der Waals surface area (Å²) in [7, 11) is 1.55. The van der Waals surface area contributed by atoms with Crippen molar-refractivity contribution in [1.82, 2.24) is 4.57 Å². The van der Waals surface area contributed by atoms with Gasteiger partial charge in [-0.1, -0.05) is 39.8 Å². The fraction of sp³-hybridized carbons (Fsp3) is 0.0769. The number of methoxy groups -OCH3 is 1. The van der Waals surface area contributed by atoms with Gasteiger partial charge in [0.2, 0.25) is 0 Å². The van der Waals surface area contributed by atoms with E-state index in [-0.39, 0.29) is 22.4 Å². The van der Waals surface area contributed by atoms with E-state index >= 15 is 0 Å². The smallest absolute Gasteiger partial charge is 0.354 e. The second kappa shape index (κ2) is 9.24. The van der Waals surface area contributed by atoms with Crippen molar-refractivity contribution in [3.63, 3.8) is 0 Å². The van der Waals surface area contributed by atoms with E-state index in [0.29, 0.717) is 31.6 Å². The summed E-state index contributed by atoms with van der Waals surface area (Å²) in [6.07, 6.45) is 0. The first-order valence-corrected chi connectivity index (χ1v) is 12.0. The molecule has 0 amide bonds. The third-order valence-electron chi connectivity index (χ3n) is 5.52. The largest absolute Gasteiger partial charge is 0.505 e. The van der Waals surface area contributed by atoms with Crippen molar-refractivity contribution in [3.8, 4) is 11.5 Å². The van der Waals surface area contributed by atoms with Crippen LogP contribution in [0.1, 0.15) is 5.56 Å². The molecular formula is C26H17BrFNO5S. The highest BCUT2D eigenvalue weighted by Crippen LogP contribution is 2.38. The molecule has 9 heteroatoms. The number of ether oxygens (including phenoxy) is 1. The summed E-state index contributed by atoms with van der Waals surface area (Å²) in [5, 5.41) is 11.5. The molecular weight excluding hydrogens is 537 g/mol. The Morgan fingerprint density at radius 3 is 2.57 bits per heavy atom. The second-order valence-corrected chi connectivity index (χ2v) is 9.73. The van der Waals surface area contributed by atoms with Crippen molar-refractivity contribution in [3.05, 3.63) is 103 Å². The molecule has 0 radical (unpaired) electrons. The van der Waals surface area contributed by atoms with Gasteiger partial charge in [-0.2, -0.15) is 0 Å². The molecule has 5 aromatic rings. The number of pyridine rings is 1. The zero-order chi connectivity index (χ0) is 24.7. The third kappa shape index (κ3) is 4.33. The Bertz CT molecular complexity index is 1710. The molecule has 1 N–H and O–H groups in total. The highest BCUT2D eigenvalue weighted by atomic mass is 79.9. The van der Waals surface area contributed by atoms with Crippen LogP contribution in [0, 0.1) is 5.82 Å². The molecule has 176 valence electrons. The van der Waals surface area contributed by atoms with Gasteiger partial charge in [0, 0.05) is 14.8 Å². The molecule has 0 saturated carbocycles. The van der Waals surface area contributed by atoms with Gasteiger partial charge in [0.1, 0.15) is 21.8 Å². The predicted molar refractivity (Wildman–Crippen MR) is 136 cm³/mol. The number of rotatable bonds is 5. The minimum Gasteiger partial charge on any atom is -0.505 e. The molecule has 5 rings (SSSR count). The highest BCUT2D eigenvalue weighted by molar-refractivity contribution is 9.10. The summed E-state index contributed by atoms with van der Waals surface area (Å²) in [5.41, 5.74) is -0.284. The maximum Gasteiger partial charge on any atom is 0.354 e. The zero-order valence-corrected chi connectivity index (χ0v) is 20.7. The third-order valence-corrected chi connectivity index (χ3v) is 7.09. The summed E-state index contributed by atoms with van der Waals surface area (Å²) in [4.78, 5) is 27.1. The van der Waals surface area contributed by atoms with E-state index < -0.39 is 22.8 Å². The summed E-state index contributed by atoms with van der Waals surface area (Å²) in [5.74, 6) is -0.242. The van der Waals surface area contributed by atoms with Crippen LogP contribution >= 0.6 is 27.7 Å². The summed E-state index contributed by atoms with van der Waals surface area (Å²) < 4.78 is 26.7. The standard InChI is InChI=1S/C26H17BrFNO5S/c1-33-17-6-8-18(9-7-17)35-24-22(30)21-23(34-26(24)32)19-12-15(27)5-10-20(19)29(25(21)31)13-14-3-2-4-16(28)11-14/h2-12,30H,13H2,1H3. The van der Waals surface area contributed by atoms with Crippen LogP contribution in [0.15, 0.2) is 95.0 Å². The number of fused-ring (bicyclic) bond motifs is 3. The lowest BCUT2D eigenvalue weighted by molar-refractivity contribution is 0.414. The fourth-order valence-corrected chi connectivity index (χ4v) is 5.08. The molecule has 0 spiro atoms. The molecule has 0 bridgehead atoms. The normalized spacial score (nSPS) is 11.3. The molecule has 2 heterocycles. The lowest BCUT2D eigenvalue weighted by Gasteiger charge is -2.14. The van der Waals surface area contributed by atoms with Crippen LogP contribution in [0.3, 0.4) is 0 Å². The SMILES string of the molecule is COc1ccc(Sc2c(O)c3c(=O)n(Cc4cccc(F)c4)c4ccc(Br)cc4c3oc2=O)cc1.